The average molecular weight is 258 g/mol. The molecule has 1 saturated carbocycles. The van der Waals surface area contributed by atoms with Crippen molar-refractivity contribution >= 4 is 0 Å². The Bertz CT molecular complexity index is 555. The summed E-state index contributed by atoms with van der Waals surface area (Å²) in [5.74, 6) is 1.15. The molecule has 1 aromatic heterocycles. The van der Waals surface area contributed by atoms with Gasteiger partial charge in [-0.3, -0.25) is 0 Å². The van der Waals surface area contributed by atoms with Crippen LogP contribution in [0.4, 0.5) is 0 Å². The van der Waals surface area contributed by atoms with Crippen LogP contribution in [0.1, 0.15) is 37.1 Å². The smallest absolute Gasteiger partial charge is 0.247 e. The molecular formula is C14H18N4O. The van der Waals surface area contributed by atoms with Crippen LogP contribution in [0, 0.1) is 0 Å². The van der Waals surface area contributed by atoms with E-state index >= 15 is 0 Å². The Hall–Kier alpha value is -1.72. The highest BCUT2D eigenvalue weighted by Crippen LogP contribution is 2.35. The number of rotatable bonds is 3. The largest absolute Gasteiger partial charge is 0.337 e. The summed E-state index contributed by atoms with van der Waals surface area (Å²) in [6.45, 7) is 0.531. The van der Waals surface area contributed by atoms with Gasteiger partial charge in [-0.25, -0.2) is 0 Å². The van der Waals surface area contributed by atoms with Gasteiger partial charge >= 0.3 is 0 Å². The summed E-state index contributed by atoms with van der Waals surface area (Å²) in [6, 6.07) is 7.85. The van der Waals surface area contributed by atoms with E-state index in [2.05, 4.69) is 10.1 Å². The van der Waals surface area contributed by atoms with Crippen molar-refractivity contribution in [1.29, 1.82) is 0 Å². The van der Waals surface area contributed by atoms with Crippen molar-refractivity contribution in [1.82, 2.24) is 10.1 Å². The van der Waals surface area contributed by atoms with E-state index < -0.39 is 5.54 Å². The van der Waals surface area contributed by atoms with Crippen molar-refractivity contribution < 1.29 is 4.52 Å². The lowest BCUT2D eigenvalue weighted by molar-refractivity contribution is 0.285. The molecule has 1 aromatic carbocycles. The molecule has 5 nitrogen and oxygen atoms in total. The monoisotopic (exact) mass is 258 g/mol. The van der Waals surface area contributed by atoms with Crippen LogP contribution in [0.25, 0.3) is 11.4 Å². The SMILES string of the molecule is NCc1ccc(-c2noc(C3(N)CCCC3)n2)cc1. The fourth-order valence-corrected chi connectivity index (χ4v) is 2.55. The van der Waals surface area contributed by atoms with E-state index in [9.17, 15) is 0 Å². The fraction of sp³-hybridized carbons (Fsp3) is 0.429. The van der Waals surface area contributed by atoms with Crippen molar-refractivity contribution in [2.45, 2.75) is 37.8 Å². The van der Waals surface area contributed by atoms with Gasteiger partial charge in [-0.05, 0) is 18.4 Å². The third-order valence-corrected chi connectivity index (χ3v) is 3.80. The van der Waals surface area contributed by atoms with Crippen LogP contribution < -0.4 is 11.5 Å². The van der Waals surface area contributed by atoms with Crippen LogP contribution in [0.2, 0.25) is 0 Å². The van der Waals surface area contributed by atoms with E-state index in [-0.39, 0.29) is 0 Å². The first kappa shape index (κ1) is 12.3. The first-order chi connectivity index (χ1) is 9.21. The summed E-state index contributed by atoms with van der Waals surface area (Å²) < 4.78 is 5.35. The van der Waals surface area contributed by atoms with E-state index in [1.54, 1.807) is 0 Å². The van der Waals surface area contributed by atoms with Crippen molar-refractivity contribution in [3.63, 3.8) is 0 Å². The average Bonchev–Trinajstić information content (AvgIpc) is 3.08. The number of nitrogens with zero attached hydrogens (tertiary/aromatic N) is 2. The molecule has 1 aliphatic rings. The summed E-state index contributed by atoms with van der Waals surface area (Å²) >= 11 is 0. The lowest BCUT2D eigenvalue weighted by atomic mass is 9.99. The second-order valence-corrected chi connectivity index (χ2v) is 5.19. The lowest BCUT2D eigenvalue weighted by Gasteiger charge is -2.17. The maximum Gasteiger partial charge on any atom is 0.247 e. The van der Waals surface area contributed by atoms with Gasteiger partial charge in [-0.15, -0.1) is 0 Å². The first-order valence-electron chi connectivity index (χ1n) is 6.64. The zero-order valence-electron chi connectivity index (χ0n) is 10.8. The van der Waals surface area contributed by atoms with E-state index in [0.717, 1.165) is 36.8 Å². The minimum absolute atomic E-state index is 0.428. The van der Waals surface area contributed by atoms with Gasteiger partial charge in [0.05, 0.1) is 5.54 Å². The van der Waals surface area contributed by atoms with Gasteiger partial charge < -0.3 is 16.0 Å². The Labute approximate surface area is 112 Å². The zero-order valence-corrected chi connectivity index (χ0v) is 10.8. The van der Waals surface area contributed by atoms with Gasteiger partial charge in [0.1, 0.15) is 0 Å². The Morgan fingerprint density at radius 3 is 2.47 bits per heavy atom. The fourth-order valence-electron chi connectivity index (χ4n) is 2.55. The molecule has 100 valence electrons. The number of nitrogens with two attached hydrogens (primary N) is 2. The highest BCUT2D eigenvalue weighted by Gasteiger charge is 2.36. The Balaban J connectivity index is 1.87. The van der Waals surface area contributed by atoms with Crippen LogP contribution in [0.15, 0.2) is 28.8 Å². The summed E-state index contributed by atoms with van der Waals surface area (Å²) in [5.41, 5.74) is 13.5. The molecule has 2 aromatic rings. The van der Waals surface area contributed by atoms with Crippen LogP contribution >= 0.6 is 0 Å². The van der Waals surface area contributed by atoms with E-state index in [1.807, 2.05) is 24.3 Å². The molecule has 4 N–H and O–H groups in total. The van der Waals surface area contributed by atoms with Gasteiger partial charge in [0.2, 0.25) is 11.7 Å². The van der Waals surface area contributed by atoms with Gasteiger partial charge in [0, 0.05) is 12.1 Å². The summed E-state index contributed by atoms with van der Waals surface area (Å²) in [6.07, 6.45) is 4.08. The molecule has 1 heterocycles. The Morgan fingerprint density at radius 1 is 1.16 bits per heavy atom. The van der Waals surface area contributed by atoms with Crippen molar-refractivity contribution in [3.05, 3.63) is 35.7 Å². The predicted molar refractivity (Wildman–Crippen MR) is 72.0 cm³/mol. The number of hydrogen-bond donors (Lipinski definition) is 2. The highest BCUT2D eigenvalue weighted by molar-refractivity contribution is 5.54. The second-order valence-electron chi connectivity index (χ2n) is 5.19. The molecule has 0 saturated heterocycles. The predicted octanol–water partition coefficient (Wildman–Crippen LogP) is 1.92. The molecule has 1 fully saturated rings. The van der Waals surface area contributed by atoms with Gasteiger partial charge in [-0.2, -0.15) is 4.98 Å². The molecule has 0 amide bonds. The molecule has 0 bridgehead atoms. The van der Waals surface area contributed by atoms with Crippen molar-refractivity contribution in [2.24, 2.45) is 11.5 Å². The standard InChI is InChI=1S/C14H18N4O/c15-9-10-3-5-11(6-4-10)12-17-13(19-18-12)14(16)7-1-2-8-14/h3-6H,1-2,7-9,15-16H2. The maximum atomic E-state index is 6.30. The third-order valence-electron chi connectivity index (χ3n) is 3.80. The maximum absolute atomic E-state index is 6.30. The molecule has 0 spiro atoms. The van der Waals surface area contributed by atoms with Gasteiger partial charge in [-0.1, -0.05) is 42.3 Å². The molecule has 0 radical (unpaired) electrons. The normalized spacial score (nSPS) is 17.8. The van der Waals surface area contributed by atoms with Crippen LogP contribution in [0.5, 0.6) is 0 Å². The first-order valence-corrected chi connectivity index (χ1v) is 6.64. The highest BCUT2D eigenvalue weighted by atomic mass is 16.5. The number of aromatic nitrogens is 2. The van der Waals surface area contributed by atoms with Gasteiger partial charge in [0.15, 0.2) is 0 Å². The lowest BCUT2D eigenvalue weighted by Crippen LogP contribution is -2.33. The Morgan fingerprint density at radius 2 is 1.84 bits per heavy atom. The van der Waals surface area contributed by atoms with Crippen LogP contribution in [-0.2, 0) is 12.1 Å². The molecule has 0 unspecified atom stereocenters. The third kappa shape index (κ3) is 2.27. The van der Waals surface area contributed by atoms with E-state index in [1.165, 1.54) is 0 Å². The number of hydrogen-bond acceptors (Lipinski definition) is 5. The van der Waals surface area contributed by atoms with E-state index in [4.69, 9.17) is 16.0 Å². The molecule has 0 atom stereocenters. The topological polar surface area (TPSA) is 91.0 Å². The van der Waals surface area contributed by atoms with Crippen LogP contribution in [0.3, 0.4) is 0 Å². The summed E-state index contributed by atoms with van der Waals surface area (Å²) in [4.78, 5) is 4.46. The Kier molecular flexibility index (Phi) is 3.08. The molecule has 3 rings (SSSR count). The number of benzene rings is 1. The summed E-state index contributed by atoms with van der Waals surface area (Å²) in [5, 5.41) is 4.03. The molecule has 1 aliphatic carbocycles. The molecule has 0 aliphatic heterocycles. The van der Waals surface area contributed by atoms with Crippen molar-refractivity contribution in [3.8, 4) is 11.4 Å². The minimum atomic E-state index is -0.428. The molecule has 5 heteroatoms. The second kappa shape index (κ2) is 4.75. The minimum Gasteiger partial charge on any atom is -0.337 e. The quantitative estimate of drug-likeness (QED) is 0.877. The van der Waals surface area contributed by atoms with E-state index in [0.29, 0.717) is 18.3 Å². The zero-order chi connectivity index (χ0) is 13.3. The van der Waals surface area contributed by atoms with Gasteiger partial charge in [0.25, 0.3) is 0 Å². The van der Waals surface area contributed by atoms with Crippen molar-refractivity contribution in [2.75, 3.05) is 0 Å². The van der Waals surface area contributed by atoms with Crippen LogP contribution in [-0.4, -0.2) is 10.1 Å². The summed E-state index contributed by atoms with van der Waals surface area (Å²) in [7, 11) is 0. The molecule has 19 heavy (non-hydrogen) atoms. The molecular weight excluding hydrogens is 240 g/mol.